The summed E-state index contributed by atoms with van der Waals surface area (Å²) in [6.45, 7) is 7.26. The van der Waals surface area contributed by atoms with Gasteiger partial charge < -0.3 is 4.90 Å². The van der Waals surface area contributed by atoms with Crippen LogP contribution in [0.3, 0.4) is 0 Å². The number of likely N-dealkylation sites (N-methyl/N-ethyl adjacent to an activating group) is 1. The third kappa shape index (κ3) is 2.13. The van der Waals surface area contributed by atoms with E-state index in [0.717, 1.165) is 19.0 Å². The van der Waals surface area contributed by atoms with Crippen molar-refractivity contribution in [3.8, 4) is 0 Å². The van der Waals surface area contributed by atoms with Gasteiger partial charge in [0.05, 0.1) is 0 Å². The summed E-state index contributed by atoms with van der Waals surface area (Å²) >= 11 is 0. The van der Waals surface area contributed by atoms with Gasteiger partial charge in [0.1, 0.15) is 0 Å². The number of nitrogens with zero attached hydrogens (tertiary/aromatic N) is 4. The van der Waals surface area contributed by atoms with Gasteiger partial charge in [-0.25, -0.2) is 0 Å². The smallest absolute Gasteiger partial charge is 0.0414 e. The first-order valence-electron chi connectivity index (χ1n) is 4.52. The largest absolute Gasteiger partial charge is 0.300 e. The third-order valence-electron chi connectivity index (χ3n) is 2.50. The van der Waals surface area contributed by atoms with E-state index in [4.69, 9.17) is 5.53 Å². The lowest BCUT2D eigenvalue weighted by Crippen LogP contribution is -2.31. The minimum absolute atomic E-state index is 0.487. The second-order valence-corrected chi connectivity index (χ2v) is 3.50. The summed E-state index contributed by atoms with van der Waals surface area (Å²) in [6, 6.07) is 0.487. The SMILES string of the molecule is CCN1C[C@H](C)C[C@H]1CN=[N+]=[N-]. The van der Waals surface area contributed by atoms with Crippen molar-refractivity contribution in [1.29, 1.82) is 0 Å². The average Bonchev–Trinajstić information content (AvgIpc) is 2.42. The molecule has 12 heavy (non-hydrogen) atoms. The lowest BCUT2D eigenvalue weighted by molar-refractivity contribution is 0.269. The van der Waals surface area contributed by atoms with Crippen LogP contribution in [0, 0.1) is 5.92 Å². The van der Waals surface area contributed by atoms with Crippen LogP contribution in [0.2, 0.25) is 0 Å². The molecule has 0 aromatic rings. The summed E-state index contributed by atoms with van der Waals surface area (Å²) in [5, 5.41) is 3.63. The molecule has 2 atom stereocenters. The molecule has 0 saturated carbocycles. The summed E-state index contributed by atoms with van der Waals surface area (Å²) in [6.07, 6.45) is 1.17. The predicted molar refractivity (Wildman–Crippen MR) is 48.8 cm³/mol. The fourth-order valence-electron chi connectivity index (χ4n) is 1.95. The first-order chi connectivity index (χ1) is 5.77. The third-order valence-corrected chi connectivity index (χ3v) is 2.50. The number of likely N-dealkylation sites (tertiary alicyclic amines) is 1. The molecule has 0 aromatic carbocycles. The van der Waals surface area contributed by atoms with E-state index >= 15 is 0 Å². The zero-order chi connectivity index (χ0) is 8.97. The maximum atomic E-state index is 8.19. The number of hydrogen-bond acceptors (Lipinski definition) is 2. The van der Waals surface area contributed by atoms with E-state index in [0.29, 0.717) is 12.6 Å². The van der Waals surface area contributed by atoms with Crippen molar-refractivity contribution in [1.82, 2.24) is 4.90 Å². The Bertz CT molecular complexity index is 185. The molecule has 1 saturated heterocycles. The van der Waals surface area contributed by atoms with Crippen LogP contribution in [0.1, 0.15) is 20.3 Å². The van der Waals surface area contributed by atoms with Gasteiger partial charge in [-0.1, -0.05) is 19.0 Å². The Morgan fingerprint density at radius 1 is 1.67 bits per heavy atom. The van der Waals surface area contributed by atoms with Crippen molar-refractivity contribution in [2.24, 2.45) is 11.0 Å². The van der Waals surface area contributed by atoms with Crippen LogP contribution in [-0.4, -0.2) is 30.6 Å². The lowest BCUT2D eigenvalue weighted by atomic mass is 10.1. The second kappa shape index (κ2) is 4.33. The Morgan fingerprint density at radius 3 is 3.00 bits per heavy atom. The van der Waals surface area contributed by atoms with Crippen molar-refractivity contribution < 1.29 is 0 Å². The van der Waals surface area contributed by atoms with Crippen molar-refractivity contribution in [2.45, 2.75) is 26.3 Å². The number of rotatable bonds is 3. The Kier molecular flexibility index (Phi) is 3.38. The van der Waals surface area contributed by atoms with Crippen LogP contribution in [0.4, 0.5) is 0 Å². The molecule has 0 spiro atoms. The summed E-state index contributed by atoms with van der Waals surface area (Å²) in [4.78, 5) is 5.18. The van der Waals surface area contributed by atoms with E-state index in [1.54, 1.807) is 0 Å². The van der Waals surface area contributed by atoms with Gasteiger partial charge in [0.25, 0.3) is 0 Å². The molecule has 68 valence electrons. The first-order valence-corrected chi connectivity index (χ1v) is 4.52. The minimum atomic E-state index is 0.487. The van der Waals surface area contributed by atoms with Crippen LogP contribution < -0.4 is 0 Å². The van der Waals surface area contributed by atoms with E-state index in [9.17, 15) is 0 Å². The van der Waals surface area contributed by atoms with Gasteiger partial charge in [-0.15, -0.1) is 0 Å². The molecule has 0 aliphatic carbocycles. The Labute approximate surface area is 73.2 Å². The highest BCUT2D eigenvalue weighted by Crippen LogP contribution is 2.22. The van der Waals surface area contributed by atoms with Crippen LogP contribution >= 0.6 is 0 Å². The first kappa shape index (κ1) is 9.36. The topological polar surface area (TPSA) is 52.0 Å². The molecule has 1 aliphatic heterocycles. The molecule has 0 amide bonds. The highest BCUT2D eigenvalue weighted by Gasteiger charge is 2.27. The van der Waals surface area contributed by atoms with Crippen molar-refractivity contribution in [2.75, 3.05) is 19.6 Å². The normalized spacial score (nSPS) is 30.2. The molecule has 1 heterocycles. The van der Waals surface area contributed by atoms with Gasteiger partial charge in [0.15, 0.2) is 0 Å². The zero-order valence-electron chi connectivity index (χ0n) is 7.77. The Hall–Kier alpha value is -0.730. The van der Waals surface area contributed by atoms with E-state index in [-0.39, 0.29) is 0 Å². The predicted octanol–water partition coefficient (Wildman–Crippen LogP) is 2.03. The van der Waals surface area contributed by atoms with Crippen LogP contribution in [0.15, 0.2) is 5.11 Å². The monoisotopic (exact) mass is 168 g/mol. The fraction of sp³-hybridized carbons (Fsp3) is 1.00. The van der Waals surface area contributed by atoms with E-state index < -0.39 is 0 Å². The molecule has 0 aromatic heterocycles. The van der Waals surface area contributed by atoms with Crippen molar-refractivity contribution in [3.05, 3.63) is 10.4 Å². The lowest BCUT2D eigenvalue weighted by Gasteiger charge is -2.20. The standard InChI is InChI=1S/C8H16N4/c1-3-12-6-7(2)4-8(12)5-10-11-9/h7-8H,3-6H2,1-2H3/t7-,8+/m1/s1. The van der Waals surface area contributed by atoms with Gasteiger partial charge in [0.2, 0.25) is 0 Å². The van der Waals surface area contributed by atoms with E-state index in [2.05, 4.69) is 28.8 Å². The van der Waals surface area contributed by atoms with Crippen LogP contribution in [0.25, 0.3) is 10.4 Å². The zero-order valence-corrected chi connectivity index (χ0v) is 7.77. The minimum Gasteiger partial charge on any atom is -0.300 e. The molecular formula is C8H16N4. The molecule has 4 nitrogen and oxygen atoms in total. The molecule has 1 aliphatic rings. The summed E-state index contributed by atoms with van der Waals surface area (Å²) in [5.41, 5.74) is 8.19. The fourth-order valence-corrected chi connectivity index (χ4v) is 1.95. The second-order valence-electron chi connectivity index (χ2n) is 3.50. The Morgan fingerprint density at radius 2 is 2.42 bits per heavy atom. The highest BCUT2D eigenvalue weighted by atomic mass is 15.2. The van der Waals surface area contributed by atoms with Crippen molar-refractivity contribution >= 4 is 0 Å². The molecule has 0 radical (unpaired) electrons. The van der Waals surface area contributed by atoms with Gasteiger partial charge in [0, 0.05) is 24.0 Å². The highest BCUT2D eigenvalue weighted by molar-refractivity contribution is 4.83. The van der Waals surface area contributed by atoms with Crippen LogP contribution in [-0.2, 0) is 0 Å². The molecule has 0 unspecified atom stereocenters. The van der Waals surface area contributed by atoms with Gasteiger partial charge in [-0.3, -0.25) is 0 Å². The van der Waals surface area contributed by atoms with Crippen molar-refractivity contribution in [3.63, 3.8) is 0 Å². The molecular weight excluding hydrogens is 152 g/mol. The summed E-state index contributed by atoms with van der Waals surface area (Å²) in [5.74, 6) is 0.754. The van der Waals surface area contributed by atoms with Gasteiger partial charge >= 0.3 is 0 Å². The maximum Gasteiger partial charge on any atom is 0.0414 e. The quantitative estimate of drug-likeness (QED) is 0.361. The summed E-state index contributed by atoms with van der Waals surface area (Å²) in [7, 11) is 0. The van der Waals surface area contributed by atoms with E-state index in [1.807, 2.05) is 0 Å². The summed E-state index contributed by atoms with van der Waals surface area (Å²) < 4.78 is 0. The molecule has 0 bridgehead atoms. The number of hydrogen-bond donors (Lipinski definition) is 0. The number of azide groups is 1. The molecule has 1 rings (SSSR count). The van der Waals surface area contributed by atoms with E-state index in [1.165, 1.54) is 6.42 Å². The van der Waals surface area contributed by atoms with Gasteiger partial charge in [-0.05, 0) is 24.4 Å². The molecule has 1 fully saturated rings. The maximum absolute atomic E-state index is 8.19. The Balaban J connectivity index is 2.45. The average molecular weight is 168 g/mol. The molecule has 0 N–H and O–H groups in total. The van der Waals surface area contributed by atoms with Crippen LogP contribution in [0.5, 0.6) is 0 Å². The van der Waals surface area contributed by atoms with Gasteiger partial charge in [-0.2, -0.15) is 0 Å². The molecule has 4 heteroatoms.